The largest absolute Gasteiger partial charge is 0.342 e. The van der Waals surface area contributed by atoms with E-state index < -0.39 is 0 Å². The first kappa shape index (κ1) is 20.4. The Labute approximate surface area is 157 Å². The summed E-state index contributed by atoms with van der Waals surface area (Å²) in [6.45, 7) is 5.87. The monoisotopic (exact) mass is 360 g/mol. The third-order valence-electron chi connectivity index (χ3n) is 5.29. The van der Waals surface area contributed by atoms with Gasteiger partial charge in [0, 0.05) is 5.69 Å². The molecule has 26 heavy (non-hydrogen) atoms. The van der Waals surface area contributed by atoms with E-state index in [2.05, 4.69) is 16.0 Å². The Balaban J connectivity index is 1.76. The number of carbonyl (C=O) groups excluding carboxylic acids is 2. The average Bonchev–Trinajstić information content (AvgIpc) is 2.58. The minimum Gasteiger partial charge on any atom is -0.342 e. The number of para-hydroxylation sites is 1. The molecule has 0 aromatic heterocycles. The van der Waals surface area contributed by atoms with Crippen LogP contribution in [-0.4, -0.2) is 30.4 Å². The zero-order valence-electron chi connectivity index (χ0n) is 16.4. The molecule has 4 N–H and O–H groups in total. The fourth-order valence-electron chi connectivity index (χ4n) is 3.70. The molecule has 1 aliphatic carbocycles. The number of benzene rings is 1. The molecule has 0 unspecified atom stereocenters. The summed E-state index contributed by atoms with van der Waals surface area (Å²) in [5, 5.41) is 7.87. The number of aryl methyl sites for hydroxylation is 2. The van der Waals surface area contributed by atoms with Gasteiger partial charge in [-0.3, -0.25) is 9.59 Å². The Bertz CT molecular complexity index is 587. The Kier molecular flexibility index (Phi) is 8.10. The quantitative estimate of drug-likeness (QED) is 0.729. The normalized spacial score (nSPS) is 17.0. The van der Waals surface area contributed by atoms with Crippen LogP contribution in [0.4, 0.5) is 5.69 Å². The lowest BCUT2D eigenvalue weighted by molar-refractivity contribution is -0.708. The summed E-state index contributed by atoms with van der Waals surface area (Å²) in [6, 6.07) is 6.27. The molecule has 1 aliphatic rings. The highest BCUT2D eigenvalue weighted by Crippen LogP contribution is 2.19. The van der Waals surface area contributed by atoms with Crippen LogP contribution in [0, 0.1) is 13.8 Å². The van der Waals surface area contributed by atoms with Crippen LogP contribution < -0.4 is 16.0 Å². The highest BCUT2D eigenvalue weighted by atomic mass is 16.2. The molecule has 0 aliphatic heterocycles. The van der Waals surface area contributed by atoms with E-state index in [4.69, 9.17) is 0 Å². The first-order chi connectivity index (χ1) is 12.5. The van der Waals surface area contributed by atoms with Gasteiger partial charge in [-0.05, 0) is 57.6 Å². The zero-order valence-corrected chi connectivity index (χ0v) is 16.4. The van der Waals surface area contributed by atoms with Gasteiger partial charge in [-0.2, -0.15) is 0 Å². The highest BCUT2D eigenvalue weighted by Gasteiger charge is 2.22. The summed E-state index contributed by atoms with van der Waals surface area (Å²) < 4.78 is 0. The molecule has 0 saturated heterocycles. The van der Waals surface area contributed by atoms with Gasteiger partial charge >= 0.3 is 0 Å². The van der Waals surface area contributed by atoms with Crippen LogP contribution in [-0.2, 0) is 9.59 Å². The second-order valence-corrected chi connectivity index (χ2v) is 7.62. The van der Waals surface area contributed by atoms with E-state index >= 15 is 0 Å². The SMILES string of the molecule is Cc1cccc(C)c1NC(=O)CNC(=O)[C@@H](C)[NH2+]C1CCCCCCC1. The molecule has 1 fully saturated rings. The molecule has 5 nitrogen and oxygen atoms in total. The number of hydrogen-bond donors (Lipinski definition) is 3. The van der Waals surface area contributed by atoms with Crippen molar-refractivity contribution in [2.24, 2.45) is 0 Å². The number of nitrogens with one attached hydrogen (secondary N) is 2. The van der Waals surface area contributed by atoms with E-state index in [0.29, 0.717) is 6.04 Å². The molecular weight excluding hydrogens is 326 g/mol. The van der Waals surface area contributed by atoms with Crippen molar-refractivity contribution >= 4 is 17.5 Å². The van der Waals surface area contributed by atoms with Crippen molar-refractivity contribution in [3.8, 4) is 0 Å². The molecule has 0 heterocycles. The third kappa shape index (κ3) is 6.45. The van der Waals surface area contributed by atoms with Gasteiger partial charge < -0.3 is 16.0 Å². The lowest BCUT2D eigenvalue weighted by atomic mass is 9.96. The smallest absolute Gasteiger partial charge is 0.278 e. The lowest BCUT2D eigenvalue weighted by Gasteiger charge is -2.21. The molecule has 144 valence electrons. The van der Waals surface area contributed by atoms with E-state index in [1.54, 1.807) is 0 Å². The maximum atomic E-state index is 12.3. The molecule has 5 heteroatoms. The van der Waals surface area contributed by atoms with E-state index in [1.807, 2.05) is 39.0 Å². The Morgan fingerprint density at radius 2 is 1.65 bits per heavy atom. The van der Waals surface area contributed by atoms with Crippen molar-refractivity contribution in [3.63, 3.8) is 0 Å². The average molecular weight is 361 g/mol. The van der Waals surface area contributed by atoms with Crippen molar-refractivity contribution in [2.45, 2.75) is 77.8 Å². The fraction of sp³-hybridized carbons (Fsp3) is 0.619. The second-order valence-electron chi connectivity index (χ2n) is 7.62. The van der Waals surface area contributed by atoms with E-state index in [1.165, 1.54) is 44.9 Å². The molecule has 0 spiro atoms. The Morgan fingerprint density at radius 3 is 2.27 bits per heavy atom. The van der Waals surface area contributed by atoms with Crippen LogP contribution in [0.15, 0.2) is 18.2 Å². The Morgan fingerprint density at radius 1 is 1.08 bits per heavy atom. The zero-order chi connectivity index (χ0) is 18.9. The van der Waals surface area contributed by atoms with Crippen LogP contribution >= 0.6 is 0 Å². The van der Waals surface area contributed by atoms with Crippen molar-refractivity contribution in [1.29, 1.82) is 0 Å². The van der Waals surface area contributed by atoms with Crippen LogP contribution in [0.5, 0.6) is 0 Å². The van der Waals surface area contributed by atoms with Gasteiger partial charge in [0.15, 0.2) is 6.04 Å². The maximum Gasteiger partial charge on any atom is 0.278 e. The van der Waals surface area contributed by atoms with Gasteiger partial charge in [0.05, 0.1) is 12.6 Å². The van der Waals surface area contributed by atoms with Gasteiger partial charge in [0.25, 0.3) is 5.91 Å². The molecule has 0 radical (unpaired) electrons. The Hall–Kier alpha value is -1.88. The minimum atomic E-state index is -0.186. The fourth-order valence-corrected chi connectivity index (χ4v) is 3.70. The molecule has 2 amide bonds. The molecule has 2 rings (SSSR count). The van der Waals surface area contributed by atoms with Gasteiger partial charge in [-0.15, -0.1) is 0 Å². The van der Waals surface area contributed by atoms with Gasteiger partial charge in [0.2, 0.25) is 5.91 Å². The standard InChI is InChI=1S/C21H33N3O2/c1-15-10-9-11-16(2)20(15)24-19(25)14-22-21(26)17(3)23-18-12-7-5-4-6-8-13-18/h9-11,17-18,23H,4-8,12-14H2,1-3H3,(H,22,26)(H,24,25)/p+1/t17-/m1/s1. The molecular formula is C21H34N3O2+. The van der Waals surface area contributed by atoms with E-state index in [0.717, 1.165) is 16.8 Å². The number of carbonyl (C=O) groups is 2. The van der Waals surface area contributed by atoms with Crippen molar-refractivity contribution in [2.75, 3.05) is 11.9 Å². The van der Waals surface area contributed by atoms with E-state index in [9.17, 15) is 9.59 Å². The number of nitrogens with two attached hydrogens (primary N) is 1. The third-order valence-corrected chi connectivity index (χ3v) is 5.29. The number of anilines is 1. The number of quaternary nitrogens is 1. The second kappa shape index (κ2) is 10.3. The molecule has 0 bridgehead atoms. The number of hydrogen-bond acceptors (Lipinski definition) is 2. The van der Waals surface area contributed by atoms with Gasteiger partial charge in [-0.25, -0.2) is 0 Å². The van der Waals surface area contributed by atoms with Crippen LogP contribution in [0.2, 0.25) is 0 Å². The topological polar surface area (TPSA) is 74.8 Å². The van der Waals surface area contributed by atoms with Crippen LogP contribution in [0.3, 0.4) is 0 Å². The summed E-state index contributed by atoms with van der Waals surface area (Å²) in [4.78, 5) is 24.5. The van der Waals surface area contributed by atoms with Crippen molar-refractivity contribution in [3.05, 3.63) is 29.3 Å². The molecule has 1 aromatic rings. The lowest BCUT2D eigenvalue weighted by Crippen LogP contribution is -2.96. The highest BCUT2D eigenvalue weighted by molar-refractivity contribution is 5.96. The summed E-state index contributed by atoms with van der Waals surface area (Å²) in [7, 11) is 0. The molecule has 1 aromatic carbocycles. The van der Waals surface area contributed by atoms with Gasteiger partial charge in [0.1, 0.15) is 0 Å². The summed E-state index contributed by atoms with van der Waals surface area (Å²) >= 11 is 0. The van der Waals surface area contributed by atoms with Crippen molar-refractivity contribution in [1.82, 2.24) is 5.32 Å². The molecule has 1 saturated carbocycles. The van der Waals surface area contributed by atoms with Crippen molar-refractivity contribution < 1.29 is 14.9 Å². The molecule has 1 atom stereocenters. The first-order valence-electron chi connectivity index (χ1n) is 9.96. The maximum absolute atomic E-state index is 12.3. The summed E-state index contributed by atoms with van der Waals surface area (Å²) in [5.41, 5.74) is 2.88. The van der Waals surface area contributed by atoms with Crippen LogP contribution in [0.1, 0.15) is 63.0 Å². The predicted octanol–water partition coefficient (Wildman–Crippen LogP) is 2.42. The number of amides is 2. The van der Waals surface area contributed by atoms with Crippen LogP contribution in [0.25, 0.3) is 0 Å². The first-order valence-corrected chi connectivity index (χ1v) is 9.96. The number of rotatable bonds is 6. The van der Waals surface area contributed by atoms with E-state index in [-0.39, 0.29) is 24.4 Å². The predicted molar refractivity (Wildman–Crippen MR) is 105 cm³/mol. The minimum absolute atomic E-state index is 0.00938. The summed E-state index contributed by atoms with van der Waals surface area (Å²) in [6.07, 6.45) is 8.85. The summed E-state index contributed by atoms with van der Waals surface area (Å²) in [5.74, 6) is -0.252. The van der Waals surface area contributed by atoms with Gasteiger partial charge in [-0.1, -0.05) is 37.5 Å².